The molecule has 4 aromatic rings. The van der Waals surface area contributed by atoms with Crippen LogP contribution >= 0.6 is 7.14 Å². The highest BCUT2D eigenvalue weighted by Crippen LogP contribution is 2.48. The average molecular weight is 563 g/mol. The second kappa shape index (κ2) is 9.78. The van der Waals surface area contributed by atoms with Crippen LogP contribution < -0.4 is 16.4 Å². The number of fused-ring (bicyclic) bond motifs is 3. The number of benzene rings is 1. The smallest absolute Gasteiger partial charge is 0.399 e. The maximum Gasteiger partial charge on any atom is 0.416 e. The molecule has 4 heterocycles. The molecule has 3 N–H and O–H groups in total. The van der Waals surface area contributed by atoms with Crippen molar-refractivity contribution in [3.8, 4) is 0 Å². The second-order valence-corrected chi connectivity index (χ2v) is 12.8. The van der Waals surface area contributed by atoms with Gasteiger partial charge >= 0.3 is 6.18 Å². The highest BCUT2D eigenvalue weighted by molar-refractivity contribution is 7.72. The molecule has 1 aliphatic rings. The van der Waals surface area contributed by atoms with E-state index < -0.39 is 37.5 Å². The van der Waals surface area contributed by atoms with Crippen molar-refractivity contribution in [3.05, 3.63) is 53.6 Å². The fraction of sp³-hybridized carbons (Fsp3) is 0.360. The summed E-state index contributed by atoms with van der Waals surface area (Å²) in [4.78, 5) is 26.6. The molecule has 206 valence electrons. The maximum absolute atomic E-state index is 14.2. The SMILES string of the molecule is Cc1nc(N[C@H](C)c2cc(N)cc(C(F)(F)F)c2)c2cc(P3(=O)CCN(C(=O)CF)CC3)c3nccn3c2n1. The molecule has 1 aromatic carbocycles. The number of halogens is 4. The Kier molecular flexibility index (Phi) is 6.74. The lowest BCUT2D eigenvalue weighted by Crippen LogP contribution is -2.42. The van der Waals surface area contributed by atoms with Crippen molar-refractivity contribution in [2.24, 2.45) is 0 Å². The molecule has 5 rings (SSSR count). The number of aryl methyl sites for hydroxylation is 1. The quantitative estimate of drug-likeness (QED) is 0.213. The fourth-order valence-corrected chi connectivity index (χ4v) is 7.63. The van der Waals surface area contributed by atoms with E-state index in [2.05, 4.69) is 20.3 Å². The number of nitrogens with one attached hydrogen (secondary N) is 1. The van der Waals surface area contributed by atoms with Crippen molar-refractivity contribution in [2.45, 2.75) is 26.1 Å². The van der Waals surface area contributed by atoms with Crippen LogP contribution in [0.4, 0.5) is 29.1 Å². The van der Waals surface area contributed by atoms with Crippen LogP contribution in [0.15, 0.2) is 36.7 Å². The molecule has 9 nitrogen and oxygen atoms in total. The summed E-state index contributed by atoms with van der Waals surface area (Å²) < 4.78 is 68.9. The largest absolute Gasteiger partial charge is 0.416 e. The van der Waals surface area contributed by atoms with Crippen LogP contribution in [0.3, 0.4) is 0 Å². The number of imidazole rings is 1. The van der Waals surface area contributed by atoms with E-state index in [0.29, 0.717) is 39.2 Å². The number of rotatable bonds is 5. The van der Waals surface area contributed by atoms with E-state index in [1.807, 2.05) is 0 Å². The first-order chi connectivity index (χ1) is 18.4. The van der Waals surface area contributed by atoms with E-state index in [0.717, 1.165) is 12.1 Å². The summed E-state index contributed by atoms with van der Waals surface area (Å²) in [5.41, 5.74) is 6.15. The van der Waals surface area contributed by atoms with Crippen molar-refractivity contribution in [1.29, 1.82) is 0 Å². The Bertz CT molecular complexity index is 1630. The lowest BCUT2D eigenvalue weighted by atomic mass is 10.0. The third kappa shape index (κ3) is 5.03. The number of hydrogen-bond donors (Lipinski definition) is 2. The number of alkyl halides is 4. The van der Waals surface area contributed by atoms with Crippen LogP contribution in [-0.2, 0) is 15.5 Å². The summed E-state index contributed by atoms with van der Waals surface area (Å²) in [6.45, 7) is 2.59. The van der Waals surface area contributed by atoms with E-state index in [1.54, 1.807) is 36.7 Å². The minimum absolute atomic E-state index is 0.0182. The second-order valence-electron chi connectivity index (χ2n) is 9.61. The Morgan fingerprint density at radius 1 is 1.15 bits per heavy atom. The highest BCUT2D eigenvalue weighted by atomic mass is 31.2. The van der Waals surface area contributed by atoms with Gasteiger partial charge in [0.05, 0.1) is 22.3 Å². The minimum Gasteiger partial charge on any atom is -0.399 e. The average Bonchev–Trinajstić information content (AvgIpc) is 3.37. The highest BCUT2D eigenvalue weighted by Gasteiger charge is 2.35. The van der Waals surface area contributed by atoms with Gasteiger partial charge in [-0.05, 0) is 43.7 Å². The van der Waals surface area contributed by atoms with Crippen LogP contribution in [0, 0.1) is 6.92 Å². The number of carbonyl (C=O) groups excluding carboxylic acids is 1. The Balaban J connectivity index is 1.58. The van der Waals surface area contributed by atoms with Crippen molar-refractivity contribution < 1.29 is 26.9 Å². The summed E-state index contributed by atoms with van der Waals surface area (Å²) in [7, 11) is -3.05. The number of nitrogens with two attached hydrogens (primary N) is 1. The Morgan fingerprint density at radius 2 is 1.87 bits per heavy atom. The van der Waals surface area contributed by atoms with Crippen molar-refractivity contribution >= 4 is 46.5 Å². The van der Waals surface area contributed by atoms with Gasteiger partial charge in [-0.3, -0.25) is 9.20 Å². The molecule has 0 radical (unpaired) electrons. The number of hydrogen-bond acceptors (Lipinski definition) is 7. The molecule has 0 unspecified atom stereocenters. The van der Waals surface area contributed by atoms with Crippen LogP contribution in [0.25, 0.3) is 16.7 Å². The number of nitrogens with zero attached hydrogens (tertiary/aromatic N) is 5. The number of anilines is 2. The fourth-order valence-electron chi connectivity index (χ4n) is 4.90. The zero-order chi connectivity index (χ0) is 28.1. The van der Waals surface area contributed by atoms with Gasteiger partial charge in [-0.2, -0.15) is 13.2 Å². The molecular formula is C25H26F4N7O2P. The van der Waals surface area contributed by atoms with Gasteiger partial charge < -0.3 is 20.5 Å². The predicted molar refractivity (Wildman–Crippen MR) is 140 cm³/mol. The van der Waals surface area contributed by atoms with Gasteiger partial charge in [-0.1, -0.05) is 0 Å². The summed E-state index contributed by atoms with van der Waals surface area (Å²) in [6.07, 6.45) is -0.972. The summed E-state index contributed by atoms with van der Waals surface area (Å²) >= 11 is 0. The molecule has 3 aromatic heterocycles. The molecule has 0 saturated carbocycles. The molecule has 1 saturated heterocycles. The van der Waals surface area contributed by atoms with Crippen molar-refractivity contribution in [2.75, 3.05) is 43.1 Å². The first-order valence-electron chi connectivity index (χ1n) is 12.2. The van der Waals surface area contributed by atoms with Crippen LogP contribution in [0.1, 0.15) is 29.9 Å². The standard InChI is InChI=1S/C25H26F4N7O2P/c1-14(16-9-17(25(27,28)29)11-18(30)10-16)32-22-19-12-20(39(38)7-5-35(6-8-39)21(37)13-26)24-31-3-4-36(24)23(19)34-15(2)33-22/h3-4,9-12,14H,5-8,13,30H2,1-2H3,(H,32,33,34)/t14-/m1/s1. The number of carbonyl (C=O) groups is 1. The molecule has 1 aliphatic heterocycles. The molecule has 1 atom stereocenters. The first kappa shape index (κ1) is 26.9. The monoisotopic (exact) mass is 563 g/mol. The van der Waals surface area contributed by atoms with Gasteiger partial charge in [0.25, 0.3) is 5.91 Å². The normalized spacial score (nSPS) is 16.5. The molecule has 0 spiro atoms. The zero-order valence-corrected chi connectivity index (χ0v) is 22.1. The summed E-state index contributed by atoms with van der Waals surface area (Å²) in [6, 6.07) is 4.47. The lowest BCUT2D eigenvalue weighted by Gasteiger charge is -2.32. The Labute approximate surface area is 220 Å². The van der Waals surface area contributed by atoms with E-state index in [4.69, 9.17) is 5.73 Å². The van der Waals surface area contributed by atoms with E-state index in [-0.39, 0.29) is 31.1 Å². The predicted octanol–water partition coefficient (Wildman–Crippen LogP) is 4.16. The van der Waals surface area contributed by atoms with Gasteiger partial charge in [0, 0.05) is 43.5 Å². The van der Waals surface area contributed by atoms with E-state index in [1.165, 1.54) is 11.0 Å². The first-order valence-corrected chi connectivity index (χ1v) is 14.3. The minimum atomic E-state index is -4.56. The van der Waals surface area contributed by atoms with Crippen molar-refractivity contribution in [3.63, 3.8) is 0 Å². The molecule has 0 bridgehead atoms. The number of nitrogen functional groups attached to an aromatic ring is 1. The Morgan fingerprint density at radius 3 is 2.54 bits per heavy atom. The van der Waals surface area contributed by atoms with Gasteiger partial charge in [0.2, 0.25) is 0 Å². The molecule has 0 aliphatic carbocycles. The number of amides is 1. The van der Waals surface area contributed by atoms with Gasteiger partial charge in [0.15, 0.2) is 12.3 Å². The topological polar surface area (TPSA) is 119 Å². The zero-order valence-electron chi connectivity index (χ0n) is 21.2. The van der Waals surface area contributed by atoms with Gasteiger partial charge in [0.1, 0.15) is 24.4 Å². The maximum atomic E-state index is 14.2. The Hall–Kier alpha value is -3.73. The third-order valence-electron chi connectivity index (χ3n) is 6.94. The summed E-state index contributed by atoms with van der Waals surface area (Å²) in [5.74, 6) is 0.120. The summed E-state index contributed by atoms with van der Waals surface area (Å²) in [5, 5.41) is 4.18. The molecule has 14 heteroatoms. The number of aromatic nitrogens is 4. The van der Waals surface area contributed by atoms with Crippen LogP contribution in [0.2, 0.25) is 0 Å². The lowest BCUT2D eigenvalue weighted by molar-refractivity contribution is -0.137. The number of pyridine rings is 1. The van der Waals surface area contributed by atoms with Crippen LogP contribution in [0.5, 0.6) is 0 Å². The molecule has 1 fully saturated rings. The van der Waals surface area contributed by atoms with E-state index in [9.17, 15) is 26.9 Å². The molecular weight excluding hydrogens is 537 g/mol. The van der Waals surface area contributed by atoms with Crippen molar-refractivity contribution in [1.82, 2.24) is 24.3 Å². The van der Waals surface area contributed by atoms with Gasteiger partial charge in [-0.15, -0.1) is 0 Å². The van der Waals surface area contributed by atoms with Crippen LogP contribution in [-0.4, -0.2) is 62.2 Å². The van der Waals surface area contributed by atoms with E-state index >= 15 is 0 Å². The molecule has 1 amide bonds. The third-order valence-corrected chi connectivity index (χ3v) is 9.99. The van der Waals surface area contributed by atoms with Gasteiger partial charge in [-0.25, -0.2) is 19.3 Å². The molecule has 39 heavy (non-hydrogen) atoms.